The van der Waals surface area contributed by atoms with E-state index in [0.717, 1.165) is 11.4 Å². The van der Waals surface area contributed by atoms with E-state index >= 15 is 0 Å². The molecule has 124 valence electrons. The highest BCUT2D eigenvalue weighted by Crippen LogP contribution is 2.29. The average Bonchev–Trinajstić information content (AvgIpc) is 3.01. The van der Waals surface area contributed by atoms with Crippen LogP contribution >= 0.6 is 0 Å². The standard InChI is InChI=1S/C16H21N3O4/c1-11(16(20)21)23-13-5-4-12(8-14(13)22-3)9-19(2)10-15-17-6-7-18-15/h4-8,11H,9-10H2,1-3H3,(H,17,18)(H,20,21)/t11-/m0/s1. The third kappa shape index (κ3) is 4.72. The van der Waals surface area contributed by atoms with Gasteiger partial charge in [-0.05, 0) is 31.7 Å². The van der Waals surface area contributed by atoms with Gasteiger partial charge >= 0.3 is 5.97 Å². The van der Waals surface area contributed by atoms with Crippen molar-refractivity contribution in [1.29, 1.82) is 0 Å². The molecule has 1 aromatic heterocycles. The van der Waals surface area contributed by atoms with E-state index in [2.05, 4.69) is 14.9 Å². The molecule has 0 spiro atoms. The van der Waals surface area contributed by atoms with Crippen LogP contribution in [0.2, 0.25) is 0 Å². The maximum Gasteiger partial charge on any atom is 0.344 e. The molecule has 0 amide bonds. The highest BCUT2D eigenvalue weighted by atomic mass is 16.5. The summed E-state index contributed by atoms with van der Waals surface area (Å²) >= 11 is 0. The fourth-order valence-electron chi connectivity index (χ4n) is 2.16. The van der Waals surface area contributed by atoms with Gasteiger partial charge in [0.2, 0.25) is 0 Å². The Labute approximate surface area is 134 Å². The predicted octanol–water partition coefficient (Wildman–Crippen LogP) is 1.90. The van der Waals surface area contributed by atoms with E-state index < -0.39 is 12.1 Å². The van der Waals surface area contributed by atoms with Gasteiger partial charge in [0.25, 0.3) is 0 Å². The number of nitrogens with one attached hydrogen (secondary N) is 1. The molecule has 7 heteroatoms. The number of carboxylic acid groups (broad SMARTS) is 1. The zero-order valence-electron chi connectivity index (χ0n) is 13.4. The van der Waals surface area contributed by atoms with Crippen LogP contribution in [0.5, 0.6) is 11.5 Å². The van der Waals surface area contributed by atoms with Crippen LogP contribution in [-0.4, -0.2) is 46.2 Å². The zero-order chi connectivity index (χ0) is 16.8. The number of hydrogen-bond acceptors (Lipinski definition) is 5. The van der Waals surface area contributed by atoms with Crippen LogP contribution < -0.4 is 9.47 Å². The molecule has 0 radical (unpaired) electrons. The number of carboxylic acids is 1. The number of H-pyrrole nitrogens is 1. The number of nitrogens with zero attached hydrogens (tertiary/aromatic N) is 2. The van der Waals surface area contributed by atoms with E-state index in [1.165, 1.54) is 14.0 Å². The lowest BCUT2D eigenvalue weighted by molar-refractivity contribution is -0.144. The minimum Gasteiger partial charge on any atom is -0.493 e. The Morgan fingerprint density at radius 3 is 2.78 bits per heavy atom. The lowest BCUT2D eigenvalue weighted by atomic mass is 10.2. The van der Waals surface area contributed by atoms with Gasteiger partial charge in [0.05, 0.1) is 13.7 Å². The minimum absolute atomic E-state index is 0.417. The van der Waals surface area contributed by atoms with Crippen LogP contribution in [0.3, 0.4) is 0 Å². The summed E-state index contributed by atoms with van der Waals surface area (Å²) in [5.41, 5.74) is 1.03. The molecule has 23 heavy (non-hydrogen) atoms. The second kappa shape index (κ2) is 7.64. The number of hydrogen-bond donors (Lipinski definition) is 2. The molecule has 0 aliphatic carbocycles. The lowest BCUT2D eigenvalue weighted by Gasteiger charge is -2.18. The summed E-state index contributed by atoms with van der Waals surface area (Å²) in [6, 6.07) is 5.47. The Morgan fingerprint density at radius 1 is 1.39 bits per heavy atom. The molecule has 0 bridgehead atoms. The second-order valence-electron chi connectivity index (χ2n) is 5.29. The van der Waals surface area contributed by atoms with E-state index in [0.29, 0.717) is 24.6 Å². The molecular formula is C16H21N3O4. The monoisotopic (exact) mass is 319 g/mol. The zero-order valence-corrected chi connectivity index (χ0v) is 13.4. The molecule has 2 rings (SSSR count). The van der Waals surface area contributed by atoms with Crippen molar-refractivity contribution in [2.24, 2.45) is 0 Å². The average molecular weight is 319 g/mol. The van der Waals surface area contributed by atoms with E-state index in [1.807, 2.05) is 19.2 Å². The lowest BCUT2D eigenvalue weighted by Crippen LogP contribution is -2.23. The summed E-state index contributed by atoms with van der Waals surface area (Å²) < 4.78 is 10.7. The first-order chi connectivity index (χ1) is 11.0. The van der Waals surface area contributed by atoms with Crippen LogP contribution in [-0.2, 0) is 17.9 Å². The maximum absolute atomic E-state index is 10.9. The first kappa shape index (κ1) is 16.8. The van der Waals surface area contributed by atoms with E-state index in [4.69, 9.17) is 14.6 Å². The van der Waals surface area contributed by atoms with Gasteiger partial charge in [-0.15, -0.1) is 0 Å². The summed E-state index contributed by atoms with van der Waals surface area (Å²) in [7, 11) is 3.52. The topological polar surface area (TPSA) is 87.7 Å². The number of aromatic amines is 1. The van der Waals surface area contributed by atoms with Crippen molar-refractivity contribution in [3.8, 4) is 11.5 Å². The number of carbonyl (C=O) groups is 1. The molecule has 1 atom stereocenters. The van der Waals surface area contributed by atoms with E-state index in [1.54, 1.807) is 18.5 Å². The molecule has 0 fully saturated rings. The van der Waals surface area contributed by atoms with Crippen molar-refractivity contribution in [3.63, 3.8) is 0 Å². The number of imidazole rings is 1. The molecule has 0 unspecified atom stereocenters. The quantitative estimate of drug-likeness (QED) is 0.773. The van der Waals surface area contributed by atoms with Crippen LogP contribution in [0.25, 0.3) is 0 Å². The molecule has 2 aromatic rings. The molecule has 0 aliphatic rings. The molecule has 2 N–H and O–H groups in total. The van der Waals surface area contributed by atoms with Crippen molar-refractivity contribution in [3.05, 3.63) is 42.0 Å². The number of ether oxygens (including phenoxy) is 2. The third-order valence-electron chi connectivity index (χ3n) is 3.31. The van der Waals surface area contributed by atoms with Gasteiger partial charge in [0.1, 0.15) is 5.82 Å². The molecular weight excluding hydrogens is 298 g/mol. The van der Waals surface area contributed by atoms with E-state index in [-0.39, 0.29) is 0 Å². The number of aromatic nitrogens is 2. The largest absolute Gasteiger partial charge is 0.493 e. The van der Waals surface area contributed by atoms with Crippen LogP contribution in [0, 0.1) is 0 Å². The summed E-state index contributed by atoms with van der Waals surface area (Å²) in [6.07, 6.45) is 2.58. The molecule has 1 heterocycles. The Hall–Kier alpha value is -2.54. The van der Waals surface area contributed by atoms with Crippen LogP contribution in [0.15, 0.2) is 30.6 Å². The second-order valence-corrected chi connectivity index (χ2v) is 5.29. The van der Waals surface area contributed by atoms with Gasteiger partial charge in [-0.25, -0.2) is 9.78 Å². The van der Waals surface area contributed by atoms with Gasteiger partial charge in [-0.1, -0.05) is 6.07 Å². The first-order valence-electron chi connectivity index (χ1n) is 7.22. The number of benzene rings is 1. The van der Waals surface area contributed by atoms with Gasteiger partial charge in [-0.3, -0.25) is 4.90 Å². The molecule has 7 nitrogen and oxygen atoms in total. The normalized spacial score (nSPS) is 12.2. The van der Waals surface area contributed by atoms with Gasteiger partial charge in [-0.2, -0.15) is 0 Å². The smallest absolute Gasteiger partial charge is 0.344 e. The SMILES string of the molecule is COc1cc(CN(C)Cc2ncc[nH]2)ccc1O[C@@H](C)C(=O)O. The number of methoxy groups -OCH3 is 1. The van der Waals surface area contributed by atoms with E-state index in [9.17, 15) is 4.79 Å². The van der Waals surface area contributed by atoms with Gasteiger partial charge in [0, 0.05) is 18.9 Å². The summed E-state index contributed by atoms with van der Waals surface area (Å²) in [4.78, 5) is 20.3. The van der Waals surface area contributed by atoms with Crippen LogP contribution in [0.4, 0.5) is 0 Å². The molecule has 0 aliphatic heterocycles. The number of aliphatic carboxylic acids is 1. The predicted molar refractivity (Wildman–Crippen MR) is 84.5 cm³/mol. The summed E-state index contributed by atoms with van der Waals surface area (Å²) in [6.45, 7) is 2.88. The van der Waals surface area contributed by atoms with Gasteiger partial charge < -0.3 is 19.6 Å². The third-order valence-corrected chi connectivity index (χ3v) is 3.31. The van der Waals surface area contributed by atoms with Crippen LogP contribution in [0.1, 0.15) is 18.3 Å². The Balaban J connectivity index is 2.04. The summed E-state index contributed by atoms with van der Waals surface area (Å²) in [5.74, 6) is 0.811. The fourth-order valence-corrected chi connectivity index (χ4v) is 2.16. The first-order valence-corrected chi connectivity index (χ1v) is 7.22. The summed E-state index contributed by atoms with van der Waals surface area (Å²) in [5, 5.41) is 8.92. The van der Waals surface area contributed by atoms with Crippen molar-refractivity contribution < 1.29 is 19.4 Å². The highest BCUT2D eigenvalue weighted by molar-refractivity contribution is 5.72. The van der Waals surface area contributed by atoms with Gasteiger partial charge in [0.15, 0.2) is 17.6 Å². The van der Waals surface area contributed by atoms with Crippen molar-refractivity contribution >= 4 is 5.97 Å². The Bertz CT molecular complexity index is 643. The fraction of sp³-hybridized carbons (Fsp3) is 0.375. The molecule has 1 aromatic carbocycles. The Morgan fingerprint density at radius 2 is 2.17 bits per heavy atom. The molecule has 0 saturated heterocycles. The maximum atomic E-state index is 10.9. The molecule has 0 saturated carbocycles. The van der Waals surface area contributed by atoms with Crippen molar-refractivity contribution in [1.82, 2.24) is 14.9 Å². The van der Waals surface area contributed by atoms with Crippen molar-refractivity contribution in [2.45, 2.75) is 26.1 Å². The Kier molecular flexibility index (Phi) is 5.59. The van der Waals surface area contributed by atoms with Crippen molar-refractivity contribution in [2.75, 3.05) is 14.2 Å². The highest BCUT2D eigenvalue weighted by Gasteiger charge is 2.16. The number of rotatable bonds is 8. The minimum atomic E-state index is -1.02.